The van der Waals surface area contributed by atoms with E-state index in [2.05, 4.69) is 5.43 Å². The molecule has 3 N–H and O–H groups in total. The molecule has 20 heavy (non-hydrogen) atoms. The fourth-order valence-electron chi connectivity index (χ4n) is 1.54. The smallest absolute Gasteiger partial charge is 0.275 e. The molecule has 7 nitrogen and oxygen atoms in total. The van der Waals surface area contributed by atoms with Crippen LogP contribution >= 0.6 is 11.3 Å². The maximum absolute atomic E-state index is 11.5. The summed E-state index contributed by atoms with van der Waals surface area (Å²) >= 11 is 1.26. The molecule has 0 bridgehead atoms. The quantitative estimate of drug-likeness (QED) is 0.378. The van der Waals surface area contributed by atoms with E-state index >= 15 is 0 Å². The van der Waals surface area contributed by atoms with Crippen LogP contribution in [0.4, 0.5) is 5.69 Å². The Morgan fingerprint density at radius 3 is 2.65 bits per heavy atom. The van der Waals surface area contributed by atoms with E-state index in [0.717, 1.165) is 0 Å². The maximum atomic E-state index is 11.5. The second kappa shape index (κ2) is 6.13. The Kier molecular flexibility index (Phi) is 4.28. The second-order valence-electron chi connectivity index (χ2n) is 3.79. The first kappa shape index (κ1) is 14.0. The average molecular weight is 293 g/mol. The van der Waals surface area contributed by atoms with Gasteiger partial charge in [-0.2, -0.15) is 0 Å². The SMILES string of the molecule is NNC(=O)c1sccc1COc1ccc([N+](=O)[O-])cc1. The summed E-state index contributed by atoms with van der Waals surface area (Å²) in [6.07, 6.45) is 0. The first-order valence-electron chi connectivity index (χ1n) is 5.56. The van der Waals surface area contributed by atoms with Gasteiger partial charge in [-0.25, -0.2) is 5.84 Å². The Labute approximate surface area is 118 Å². The predicted molar refractivity (Wildman–Crippen MR) is 73.4 cm³/mol. The molecule has 8 heteroatoms. The van der Waals surface area contributed by atoms with Gasteiger partial charge in [0.2, 0.25) is 0 Å². The Balaban J connectivity index is 2.04. The molecule has 1 amide bonds. The number of thiophene rings is 1. The number of nitro groups is 1. The van der Waals surface area contributed by atoms with E-state index in [1.165, 1.54) is 35.6 Å². The van der Waals surface area contributed by atoms with Crippen molar-refractivity contribution >= 4 is 22.9 Å². The molecule has 0 saturated heterocycles. The van der Waals surface area contributed by atoms with Gasteiger partial charge in [0.25, 0.3) is 11.6 Å². The molecule has 2 aromatic rings. The lowest BCUT2D eigenvalue weighted by molar-refractivity contribution is -0.384. The molecule has 104 valence electrons. The van der Waals surface area contributed by atoms with Gasteiger partial charge >= 0.3 is 0 Å². The fourth-order valence-corrected chi connectivity index (χ4v) is 2.35. The minimum atomic E-state index is -0.480. The zero-order valence-electron chi connectivity index (χ0n) is 10.2. The molecule has 0 atom stereocenters. The third kappa shape index (κ3) is 3.11. The topological polar surface area (TPSA) is 107 Å². The van der Waals surface area contributed by atoms with E-state index in [1.807, 2.05) is 0 Å². The molecular weight excluding hydrogens is 282 g/mol. The van der Waals surface area contributed by atoms with Crippen molar-refractivity contribution in [2.24, 2.45) is 5.84 Å². The van der Waals surface area contributed by atoms with Crippen LogP contribution in [-0.2, 0) is 6.61 Å². The standard InChI is InChI=1S/C12H11N3O4S/c13-14-12(16)11-8(5-6-20-11)7-19-10-3-1-9(2-4-10)15(17)18/h1-6H,7,13H2,(H,14,16). The highest BCUT2D eigenvalue weighted by molar-refractivity contribution is 7.12. The van der Waals surface area contributed by atoms with Crippen molar-refractivity contribution in [2.45, 2.75) is 6.61 Å². The van der Waals surface area contributed by atoms with E-state index in [1.54, 1.807) is 11.4 Å². The van der Waals surface area contributed by atoms with Crippen molar-refractivity contribution in [2.75, 3.05) is 0 Å². The summed E-state index contributed by atoms with van der Waals surface area (Å²) in [5.41, 5.74) is 2.77. The van der Waals surface area contributed by atoms with Crippen LogP contribution in [0.15, 0.2) is 35.7 Å². The molecule has 0 unspecified atom stereocenters. The van der Waals surface area contributed by atoms with Gasteiger partial charge in [0, 0.05) is 17.7 Å². The summed E-state index contributed by atoms with van der Waals surface area (Å²) in [5, 5.41) is 12.3. The van der Waals surface area contributed by atoms with Gasteiger partial charge in [0.1, 0.15) is 12.4 Å². The average Bonchev–Trinajstić information content (AvgIpc) is 2.93. The number of rotatable bonds is 5. The minimum absolute atomic E-state index is 0.00363. The molecule has 0 aliphatic carbocycles. The molecule has 1 heterocycles. The number of nitrogen functional groups attached to an aromatic ring is 1. The molecule has 0 radical (unpaired) electrons. The van der Waals surface area contributed by atoms with Crippen molar-refractivity contribution in [3.05, 3.63) is 56.3 Å². The lowest BCUT2D eigenvalue weighted by atomic mass is 10.2. The summed E-state index contributed by atoms with van der Waals surface area (Å²) in [6, 6.07) is 7.49. The van der Waals surface area contributed by atoms with E-state index in [9.17, 15) is 14.9 Å². The number of hydrogen-bond donors (Lipinski definition) is 2. The van der Waals surface area contributed by atoms with Crippen LogP contribution in [-0.4, -0.2) is 10.8 Å². The number of carbonyl (C=O) groups is 1. The van der Waals surface area contributed by atoms with Crippen LogP contribution in [0.2, 0.25) is 0 Å². The maximum Gasteiger partial charge on any atom is 0.275 e. The van der Waals surface area contributed by atoms with E-state index in [0.29, 0.717) is 16.2 Å². The van der Waals surface area contributed by atoms with Gasteiger partial charge < -0.3 is 4.74 Å². The molecule has 2 rings (SSSR count). The molecule has 0 saturated carbocycles. The van der Waals surface area contributed by atoms with Gasteiger partial charge in [0.05, 0.1) is 9.80 Å². The third-order valence-corrected chi connectivity index (χ3v) is 3.48. The summed E-state index contributed by atoms with van der Waals surface area (Å²) in [6.45, 7) is 0.185. The summed E-state index contributed by atoms with van der Waals surface area (Å²) in [4.78, 5) is 22.0. The van der Waals surface area contributed by atoms with Crippen LogP contribution in [0.1, 0.15) is 15.2 Å². The summed E-state index contributed by atoms with van der Waals surface area (Å²) in [5.74, 6) is 5.20. The van der Waals surface area contributed by atoms with Crippen LogP contribution in [0, 0.1) is 10.1 Å². The number of hydrogen-bond acceptors (Lipinski definition) is 6. The number of nitro benzene ring substituents is 1. The predicted octanol–water partition coefficient (Wildman–Crippen LogP) is 1.84. The number of hydrazine groups is 1. The number of ether oxygens (including phenoxy) is 1. The van der Waals surface area contributed by atoms with Gasteiger partial charge in [-0.15, -0.1) is 11.3 Å². The van der Waals surface area contributed by atoms with Crippen LogP contribution in [0.5, 0.6) is 5.75 Å². The molecule has 0 fully saturated rings. The third-order valence-electron chi connectivity index (χ3n) is 2.53. The van der Waals surface area contributed by atoms with Crippen molar-refractivity contribution < 1.29 is 14.5 Å². The highest BCUT2D eigenvalue weighted by atomic mass is 32.1. The number of nitrogens with one attached hydrogen (secondary N) is 1. The molecular formula is C12H11N3O4S. The lowest BCUT2D eigenvalue weighted by Crippen LogP contribution is -2.30. The minimum Gasteiger partial charge on any atom is -0.489 e. The summed E-state index contributed by atoms with van der Waals surface area (Å²) in [7, 11) is 0. The Hall–Kier alpha value is -2.45. The summed E-state index contributed by atoms with van der Waals surface area (Å²) < 4.78 is 5.48. The number of amides is 1. The van der Waals surface area contributed by atoms with Gasteiger partial charge in [-0.05, 0) is 23.6 Å². The number of benzene rings is 1. The molecule has 1 aromatic heterocycles. The van der Waals surface area contributed by atoms with Crippen molar-refractivity contribution in [1.29, 1.82) is 0 Å². The van der Waals surface area contributed by atoms with Gasteiger partial charge in [0.15, 0.2) is 0 Å². The van der Waals surface area contributed by atoms with E-state index < -0.39 is 4.92 Å². The molecule has 0 aliphatic heterocycles. The van der Waals surface area contributed by atoms with E-state index in [4.69, 9.17) is 10.6 Å². The normalized spacial score (nSPS) is 10.1. The number of nitrogens with two attached hydrogens (primary N) is 1. The Morgan fingerprint density at radius 1 is 1.35 bits per heavy atom. The molecule has 0 aliphatic rings. The van der Waals surface area contributed by atoms with Crippen molar-refractivity contribution in [3.63, 3.8) is 0 Å². The highest BCUT2D eigenvalue weighted by Crippen LogP contribution is 2.21. The number of non-ortho nitro benzene ring substituents is 1. The number of nitrogens with zero attached hydrogens (tertiary/aromatic N) is 1. The van der Waals surface area contributed by atoms with Gasteiger partial charge in [-0.3, -0.25) is 20.3 Å². The van der Waals surface area contributed by atoms with Crippen LogP contribution in [0.3, 0.4) is 0 Å². The monoisotopic (exact) mass is 293 g/mol. The first-order chi connectivity index (χ1) is 9.61. The fraction of sp³-hybridized carbons (Fsp3) is 0.0833. The zero-order valence-corrected chi connectivity index (χ0v) is 11.1. The van der Waals surface area contributed by atoms with Crippen LogP contribution < -0.4 is 16.0 Å². The second-order valence-corrected chi connectivity index (χ2v) is 4.70. The largest absolute Gasteiger partial charge is 0.489 e. The number of carbonyl (C=O) groups excluding carboxylic acids is 1. The van der Waals surface area contributed by atoms with Crippen molar-refractivity contribution in [3.8, 4) is 5.75 Å². The lowest BCUT2D eigenvalue weighted by Gasteiger charge is -2.06. The van der Waals surface area contributed by atoms with Crippen LogP contribution in [0.25, 0.3) is 0 Å². The first-order valence-corrected chi connectivity index (χ1v) is 6.44. The highest BCUT2D eigenvalue weighted by Gasteiger charge is 2.12. The zero-order chi connectivity index (χ0) is 14.5. The van der Waals surface area contributed by atoms with Gasteiger partial charge in [-0.1, -0.05) is 0 Å². The Morgan fingerprint density at radius 2 is 2.05 bits per heavy atom. The molecule has 1 aromatic carbocycles. The molecule has 0 spiro atoms. The van der Waals surface area contributed by atoms with Crippen molar-refractivity contribution in [1.82, 2.24) is 5.43 Å². The Bertz CT molecular complexity index is 624. The van der Waals surface area contributed by atoms with E-state index in [-0.39, 0.29) is 18.2 Å².